The lowest BCUT2D eigenvalue weighted by Crippen LogP contribution is -2.45. The summed E-state index contributed by atoms with van der Waals surface area (Å²) in [4.78, 5) is 36.3. The Labute approximate surface area is 173 Å². The first kappa shape index (κ1) is 21.1. The van der Waals surface area contributed by atoms with Crippen LogP contribution in [0.4, 0.5) is 5.69 Å². The van der Waals surface area contributed by atoms with E-state index in [-0.39, 0.29) is 30.7 Å². The Bertz CT molecular complexity index is 944. The van der Waals surface area contributed by atoms with Gasteiger partial charge in [-0.05, 0) is 36.6 Å². The van der Waals surface area contributed by atoms with Crippen molar-refractivity contribution in [3.63, 3.8) is 0 Å². The molecule has 9 heteroatoms. The summed E-state index contributed by atoms with van der Waals surface area (Å²) in [5, 5.41) is 11.2. The third kappa shape index (κ3) is 4.86. The lowest BCUT2D eigenvalue weighted by Gasteiger charge is -2.31. The number of nitro groups is 1. The molecule has 2 aromatic rings. The molecule has 9 nitrogen and oxygen atoms in total. The quantitative estimate of drug-likeness (QED) is 0.549. The Morgan fingerprint density at radius 1 is 1.23 bits per heavy atom. The Morgan fingerprint density at radius 2 is 1.97 bits per heavy atom. The van der Waals surface area contributed by atoms with E-state index in [1.54, 1.807) is 36.3 Å². The van der Waals surface area contributed by atoms with E-state index >= 15 is 0 Å². The predicted octanol–water partition coefficient (Wildman–Crippen LogP) is 2.37. The summed E-state index contributed by atoms with van der Waals surface area (Å²) in [6.45, 7) is 0.577. The van der Waals surface area contributed by atoms with E-state index in [1.165, 1.54) is 18.2 Å². The van der Waals surface area contributed by atoms with Crippen LogP contribution in [-0.2, 0) is 9.59 Å². The average Bonchev–Trinajstić information content (AvgIpc) is 2.77. The third-order valence-electron chi connectivity index (χ3n) is 5.10. The van der Waals surface area contributed by atoms with Gasteiger partial charge in [0, 0.05) is 30.8 Å². The summed E-state index contributed by atoms with van der Waals surface area (Å²) < 4.78 is 10.9. The second kappa shape index (κ2) is 9.25. The number of piperidine rings is 1. The van der Waals surface area contributed by atoms with E-state index < -0.39 is 10.8 Å². The summed E-state index contributed by atoms with van der Waals surface area (Å²) >= 11 is 0. The molecule has 0 aliphatic carbocycles. The number of methoxy groups -OCH3 is 1. The molecular weight excluding hydrogens is 390 g/mol. The van der Waals surface area contributed by atoms with Crippen molar-refractivity contribution < 1.29 is 24.0 Å². The number of carbonyl (C=O) groups excluding carboxylic acids is 2. The minimum atomic E-state index is -0.486. The van der Waals surface area contributed by atoms with Crippen molar-refractivity contribution in [3.8, 4) is 22.6 Å². The van der Waals surface area contributed by atoms with Gasteiger partial charge >= 0.3 is 0 Å². The number of benzene rings is 2. The van der Waals surface area contributed by atoms with Gasteiger partial charge in [-0.15, -0.1) is 0 Å². The van der Waals surface area contributed by atoms with E-state index in [2.05, 4.69) is 0 Å². The Balaban J connectivity index is 1.78. The molecule has 158 valence electrons. The van der Waals surface area contributed by atoms with Gasteiger partial charge in [0.1, 0.15) is 11.5 Å². The number of likely N-dealkylation sites (tertiary alicyclic amines) is 1. The predicted molar refractivity (Wildman–Crippen MR) is 109 cm³/mol. The van der Waals surface area contributed by atoms with Gasteiger partial charge in [-0.1, -0.05) is 12.1 Å². The van der Waals surface area contributed by atoms with Crippen LogP contribution in [0, 0.1) is 16.0 Å². The molecule has 2 aromatic carbocycles. The van der Waals surface area contributed by atoms with Crippen molar-refractivity contribution in [1.82, 2.24) is 4.90 Å². The summed E-state index contributed by atoms with van der Waals surface area (Å²) in [5.74, 6) is -0.0268. The number of nitro benzene ring substituents is 1. The highest BCUT2D eigenvalue weighted by Crippen LogP contribution is 2.34. The molecule has 2 amide bonds. The minimum Gasteiger partial charge on any atom is -0.497 e. The maximum absolute atomic E-state index is 12.6. The Morgan fingerprint density at radius 3 is 2.60 bits per heavy atom. The molecule has 0 spiro atoms. The van der Waals surface area contributed by atoms with Gasteiger partial charge in [0.2, 0.25) is 5.91 Å². The van der Waals surface area contributed by atoms with E-state index in [9.17, 15) is 19.7 Å². The normalized spacial score (nSPS) is 16.0. The van der Waals surface area contributed by atoms with Crippen LogP contribution in [0.2, 0.25) is 0 Å². The first-order valence-electron chi connectivity index (χ1n) is 9.52. The highest BCUT2D eigenvalue weighted by atomic mass is 16.6. The fourth-order valence-corrected chi connectivity index (χ4v) is 3.42. The first-order chi connectivity index (χ1) is 14.4. The molecule has 1 atom stereocenters. The molecule has 0 bridgehead atoms. The molecule has 1 aliphatic rings. The number of primary amides is 1. The van der Waals surface area contributed by atoms with Crippen molar-refractivity contribution in [2.45, 2.75) is 12.8 Å². The smallest absolute Gasteiger partial charge is 0.270 e. The second-order valence-electron chi connectivity index (χ2n) is 7.04. The number of ether oxygens (including phenoxy) is 2. The third-order valence-corrected chi connectivity index (χ3v) is 5.10. The van der Waals surface area contributed by atoms with Gasteiger partial charge in [0.25, 0.3) is 11.6 Å². The maximum atomic E-state index is 12.6. The van der Waals surface area contributed by atoms with Gasteiger partial charge in [0.05, 0.1) is 18.0 Å². The van der Waals surface area contributed by atoms with E-state index in [0.717, 1.165) is 0 Å². The molecule has 2 N–H and O–H groups in total. The van der Waals surface area contributed by atoms with Gasteiger partial charge in [-0.25, -0.2) is 0 Å². The fourth-order valence-electron chi connectivity index (χ4n) is 3.42. The second-order valence-corrected chi connectivity index (χ2v) is 7.04. The molecule has 0 radical (unpaired) electrons. The van der Waals surface area contributed by atoms with E-state index in [4.69, 9.17) is 15.2 Å². The number of non-ortho nitro benzene ring substituents is 1. The van der Waals surface area contributed by atoms with Crippen LogP contribution in [0.1, 0.15) is 12.8 Å². The molecular formula is C21H23N3O6. The Kier molecular flexibility index (Phi) is 6.51. The van der Waals surface area contributed by atoms with Crippen LogP contribution >= 0.6 is 0 Å². The van der Waals surface area contributed by atoms with Gasteiger partial charge < -0.3 is 20.1 Å². The number of hydrogen-bond acceptors (Lipinski definition) is 6. The zero-order chi connectivity index (χ0) is 21.7. The molecule has 1 aliphatic heterocycles. The molecule has 0 aromatic heterocycles. The van der Waals surface area contributed by atoms with Crippen LogP contribution in [0.5, 0.6) is 11.5 Å². The van der Waals surface area contributed by atoms with Crippen molar-refractivity contribution in [2.24, 2.45) is 11.7 Å². The maximum Gasteiger partial charge on any atom is 0.270 e. The molecule has 1 fully saturated rings. The lowest BCUT2D eigenvalue weighted by molar-refractivity contribution is -0.384. The Hall–Kier alpha value is -3.62. The highest BCUT2D eigenvalue weighted by molar-refractivity contribution is 5.81. The van der Waals surface area contributed by atoms with E-state index in [0.29, 0.717) is 42.0 Å². The van der Waals surface area contributed by atoms with Gasteiger partial charge in [-0.3, -0.25) is 19.7 Å². The molecule has 0 unspecified atom stereocenters. The van der Waals surface area contributed by atoms with Crippen molar-refractivity contribution in [3.05, 3.63) is 52.6 Å². The van der Waals surface area contributed by atoms with Crippen LogP contribution < -0.4 is 15.2 Å². The van der Waals surface area contributed by atoms with Crippen LogP contribution in [0.25, 0.3) is 11.1 Å². The number of rotatable bonds is 7. The topological polar surface area (TPSA) is 125 Å². The lowest BCUT2D eigenvalue weighted by atomic mass is 9.97. The molecule has 0 saturated carbocycles. The first-order valence-corrected chi connectivity index (χ1v) is 9.52. The molecule has 3 rings (SSSR count). The SMILES string of the molecule is COc1ccc(-c2cc([N+](=O)[O-])ccc2OCC(=O)N2CCC[C@H](C(N)=O)C2)cc1. The zero-order valence-corrected chi connectivity index (χ0v) is 16.6. The van der Waals surface area contributed by atoms with Crippen molar-refractivity contribution in [1.29, 1.82) is 0 Å². The van der Waals surface area contributed by atoms with Gasteiger partial charge in [0.15, 0.2) is 6.61 Å². The number of hydrogen-bond donors (Lipinski definition) is 1. The van der Waals surface area contributed by atoms with Crippen LogP contribution in [-0.4, -0.2) is 48.4 Å². The van der Waals surface area contributed by atoms with E-state index in [1.807, 2.05) is 0 Å². The zero-order valence-electron chi connectivity index (χ0n) is 16.6. The molecule has 1 heterocycles. The van der Waals surface area contributed by atoms with Crippen LogP contribution in [0.15, 0.2) is 42.5 Å². The fraction of sp³-hybridized carbons (Fsp3) is 0.333. The standard InChI is InChI=1S/C21H23N3O6/c1-29-17-7-4-14(5-8-17)18-11-16(24(27)28)6-9-19(18)30-13-20(25)23-10-2-3-15(12-23)21(22)26/h4-9,11,15H,2-3,10,12-13H2,1H3,(H2,22,26)/t15-/m0/s1. The summed E-state index contributed by atoms with van der Waals surface area (Å²) in [6, 6.07) is 11.2. The highest BCUT2D eigenvalue weighted by Gasteiger charge is 2.27. The largest absolute Gasteiger partial charge is 0.497 e. The number of nitrogens with two attached hydrogens (primary N) is 1. The summed E-state index contributed by atoms with van der Waals surface area (Å²) in [5.41, 5.74) is 6.46. The molecule has 1 saturated heterocycles. The molecule has 30 heavy (non-hydrogen) atoms. The summed E-state index contributed by atoms with van der Waals surface area (Å²) in [6.07, 6.45) is 1.37. The number of carbonyl (C=O) groups is 2. The number of nitrogens with zero attached hydrogens (tertiary/aromatic N) is 2. The number of amides is 2. The summed E-state index contributed by atoms with van der Waals surface area (Å²) in [7, 11) is 1.55. The average molecular weight is 413 g/mol. The van der Waals surface area contributed by atoms with Gasteiger partial charge in [-0.2, -0.15) is 0 Å². The van der Waals surface area contributed by atoms with Crippen molar-refractivity contribution in [2.75, 3.05) is 26.8 Å². The van der Waals surface area contributed by atoms with Crippen LogP contribution in [0.3, 0.4) is 0 Å². The van der Waals surface area contributed by atoms with Crippen molar-refractivity contribution >= 4 is 17.5 Å². The monoisotopic (exact) mass is 413 g/mol. The minimum absolute atomic E-state index is 0.0835.